The molecule has 0 bridgehead atoms. The van der Waals surface area contributed by atoms with Gasteiger partial charge in [-0.15, -0.1) is 5.10 Å². The highest BCUT2D eigenvalue weighted by atomic mass is 16.5. The van der Waals surface area contributed by atoms with E-state index in [1.54, 1.807) is 22.8 Å². The average molecular weight is 274 g/mol. The Morgan fingerprint density at radius 3 is 3.15 bits per heavy atom. The van der Waals surface area contributed by atoms with Crippen molar-refractivity contribution in [3.8, 4) is 0 Å². The van der Waals surface area contributed by atoms with Crippen molar-refractivity contribution in [1.82, 2.24) is 19.5 Å². The minimum Gasteiger partial charge on any atom is -0.465 e. The number of carbonyl (C=O) groups excluding carboxylic acids is 1. The summed E-state index contributed by atoms with van der Waals surface area (Å²) in [7, 11) is 1.37. The van der Waals surface area contributed by atoms with Gasteiger partial charge >= 0.3 is 5.97 Å². The van der Waals surface area contributed by atoms with Gasteiger partial charge < -0.3 is 4.74 Å². The van der Waals surface area contributed by atoms with E-state index in [1.165, 1.54) is 13.5 Å². The Morgan fingerprint density at radius 1 is 1.55 bits per heavy atom. The third-order valence-corrected chi connectivity index (χ3v) is 3.84. The lowest BCUT2D eigenvalue weighted by Crippen LogP contribution is -2.23. The number of nitrogens with zero attached hydrogens (tertiary/aromatic N) is 4. The van der Waals surface area contributed by atoms with Gasteiger partial charge in [0.25, 0.3) is 0 Å². The first-order chi connectivity index (χ1) is 9.72. The Kier molecular flexibility index (Phi) is 3.40. The first-order valence-corrected chi connectivity index (χ1v) is 6.91. The van der Waals surface area contributed by atoms with Gasteiger partial charge in [-0.3, -0.25) is 4.90 Å². The fourth-order valence-electron chi connectivity index (χ4n) is 2.78. The van der Waals surface area contributed by atoms with Crippen LogP contribution in [0.5, 0.6) is 0 Å². The van der Waals surface area contributed by atoms with Crippen LogP contribution in [-0.2, 0) is 4.74 Å². The Hall–Kier alpha value is -1.95. The van der Waals surface area contributed by atoms with Crippen LogP contribution in [0.3, 0.4) is 0 Å². The summed E-state index contributed by atoms with van der Waals surface area (Å²) in [5, 5.41) is 4.53. The van der Waals surface area contributed by atoms with Crippen molar-refractivity contribution in [2.75, 3.05) is 20.2 Å². The highest BCUT2D eigenvalue weighted by Crippen LogP contribution is 2.29. The predicted octanol–water partition coefficient (Wildman–Crippen LogP) is 1.67. The number of likely N-dealkylation sites (tertiary alicyclic amines) is 1. The van der Waals surface area contributed by atoms with Crippen molar-refractivity contribution >= 4 is 11.6 Å². The number of fused-ring (bicyclic) bond motifs is 1. The van der Waals surface area contributed by atoms with Gasteiger partial charge in [-0.25, -0.2) is 14.3 Å². The van der Waals surface area contributed by atoms with Gasteiger partial charge in [-0.1, -0.05) is 6.92 Å². The molecule has 0 aromatic carbocycles. The summed E-state index contributed by atoms with van der Waals surface area (Å²) in [5.74, 6) is 0.486. The normalized spacial score (nSPS) is 19.6. The largest absolute Gasteiger partial charge is 0.465 e. The second-order valence-corrected chi connectivity index (χ2v) is 4.97. The predicted molar refractivity (Wildman–Crippen MR) is 73.5 cm³/mol. The Balaban J connectivity index is 1.96. The van der Waals surface area contributed by atoms with Gasteiger partial charge in [0.05, 0.1) is 18.7 Å². The quantitative estimate of drug-likeness (QED) is 0.797. The standard InChI is InChI=1S/C14H18N4O2/c1-3-17-7-4-5-11(17)13-15-12-9-10(14(19)20-2)6-8-18(12)16-13/h6,8-9,11H,3-5,7H2,1-2H3. The van der Waals surface area contributed by atoms with Crippen molar-refractivity contribution < 1.29 is 9.53 Å². The summed E-state index contributed by atoms with van der Waals surface area (Å²) in [6, 6.07) is 3.71. The van der Waals surface area contributed by atoms with Crippen LogP contribution in [0.1, 0.15) is 42.0 Å². The Morgan fingerprint density at radius 2 is 2.40 bits per heavy atom. The molecule has 6 nitrogen and oxygen atoms in total. The van der Waals surface area contributed by atoms with Crippen LogP contribution < -0.4 is 0 Å². The van der Waals surface area contributed by atoms with Gasteiger partial charge in [0.2, 0.25) is 0 Å². The van der Waals surface area contributed by atoms with Crippen LogP contribution in [0, 0.1) is 0 Å². The molecule has 0 spiro atoms. The topological polar surface area (TPSA) is 59.7 Å². The third-order valence-electron chi connectivity index (χ3n) is 3.84. The molecule has 106 valence electrons. The van der Waals surface area contributed by atoms with Crippen LogP contribution in [0.15, 0.2) is 18.3 Å². The average Bonchev–Trinajstić information content (AvgIpc) is 3.10. The fraction of sp³-hybridized carbons (Fsp3) is 0.500. The van der Waals surface area contributed by atoms with Crippen LogP contribution in [-0.4, -0.2) is 45.7 Å². The van der Waals surface area contributed by atoms with E-state index in [0.717, 1.165) is 25.3 Å². The van der Waals surface area contributed by atoms with Crippen LogP contribution in [0.25, 0.3) is 5.65 Å². The van der Waals surface area contributed by atoms with E-state index in [4.69, 9.17) is 4.74 Å². The zero-order chi connectivity index (χ0) is 14.1. The number of esters is 1. The van der Waals surface area contributed by atoms with E-state index >= 15 is 0 Å². The molecule has 0 N–H and O–H groups in total. The molecule has 1 saturated heterocycles. The summed E-state index contributed by atoms with van der Waals surface area (Å²) in [4.78, 5) is 18.5. The first kappa shape index (κ1) is 13.1. The molecule has 2 aromatic rings. The number of ether oxygens (including phenoxy) is 1. The van der Waals surface area contributed by atoms with Gasteiger partial charge in [-0.2, -0.15) is 0 Å². The van der Waals surface area contributed by atoms with Crippen molar-refractivity contribution in [2.45, 2.75) is 25.8 Å². The molecule has 20 heavy (non-hydrogen) atoms. The SMILES string of the molecule is CCN1CCCC1c1nc2cc(C(=O)OC)ccn2n1. The summed E-state index contributed by atoms with van der Waals surface area (Å²) in [5.41, 5.74) is 1.18. The van der Waals surface area contributed by atoms with E-state index in [1.807, 2.05) is 0 Å². The first-order valence-electron chi connectivity index (χ1n) is 6.91. The molecule has 0 radical (unpaired) electrons. The number of rotatable bonds is 3. The molecule has 3 heterocycles. The third kappa shape index (κ3) is 2.16. The summed E-state index contributed by atoms with van der Waals surface area (Å²) in [6.45, 7) is 4.27. The minimum absolute atomic E-state index is 0.293. The maximum absolute atomic E-state index is 11.5. The Bertz CT molecular complexity index is 637. The number of aromatic nitrogens is 3. The van der Waals surface area contributed by atoms with Crippen molar-refractivity contribution in [1.29, 1.82) is 0 Å². The van der Waals surface area contributed by atoms with Crippen molar-refractivity contribution in [3.05, 3.63) is 29.7 Å². The molecule has 0 aliphatic carbocycles. The highest BCUT2D eigenvalue weighted by molar-refractivity contribution is 5.90. The van der Waals surface area contributed by atoms with E-state index in [2.05, 4.69) is 21.9 Å². The van der Waals surface area contributed by atoms with E-state index < -0.39 is 0 Å². The molecule has 1 atom stereocenters. The van der Waals surface area contributed by atoms with Gasteiger partial charge in [0.15, 0.2) is 11.5 Å². The summed E-state index contributed by atoms with van der Waals surface area (Å²) < 4.78 is 6.44. The highest BCUT2D eigenvalue weighted by Gasteiger charge is 2.28. The van der Waals surface area contributed by atoms with Gasteiger partial charge in [0.1, 0.15) is 0 Å². The molecule has 1 fully saturated rings. The summed E-state index contributed by atoms with van der Waals surface area (Å²) >= 11 is 0. The number of carbonyl (C=O) groups is 1. The molecular formula is C14H18N4O2. The fourth-order valence-corrected chi connectivity index (χ4v) is 2.78. The maximum atomic E-state index is 11.5. The number of pyridine rings is 1. The molecule has 1 aliphatic rings. The molecule has 1 unspecified atom stereocenters. The van der Waals surface area contributed by atoms with Crippen LogP contribution >= 0.6 is 0 Å². The van der Waals surface area contributed by atoms with E-state index in [0.29, 0.717) is 17.3 Å². The van der Waals surface area contributed by atoms with Gasteiger partial charge in [0, 0.05) is 6.20 Å². The second-order valence-electron chi connectivity index (χ2n) is 4.97. The molecule has 6 heteroatoms. The molecule has 3 rings (SSSR count). The molecule has 1 aliphatic heterocycles. The van der Waals surface area contributed by atoms with E-state index in [-0.39, 0.29) is 5.97 Å². The Labute approximate surface area is 117 Å². The van der Waals surface area contributed by atoms with Gasteiger partial charge in [-0.05, 0) is 38.1 Å². The monoisotopic (exact) mass is 274 g/mol. The lowest BCUT2D eigenvalue weighted by Gasteiger charge is -2.19. The minimum atomic E-state index is -0.354. The van der Waals surface area contributed by atoms with Crippen molar-refractivity contribution in [2.24, 2.45) is 0 Å². The lowest BCUT2D eigenvalue weighted by atomic mass is 10.2. The van der Waals surface area contributed by atoms with Crippen molar-refractivity contribution in [3.63, 3.8) is 0 Å². The van der Waals surface area contributed by atoms with Crippen LogP contribution in [0.2, 0.25) is 0 Å². The van der Waals surface area contributed by atoms with E-state index in [9.17, 15) is 4.79 Å². The lowest BCUT2D eigenvalue weighted by molar-refractivity contribution is 0.0600. The molecule has 0 amide bonds. The zero-order valence-electron chi connectivity index (χ0n) is 11.7. The number of hydrogen-bond donors (Lipinski definition) is 0. The second kappa shape index (κ2) is 5.20. The zero-order valence-corrected chi connectivity index (χ0v) is 11.7. The smallest absolute Gasteiger partial charge is 0.338 e. The van der Waals surface area contributed by atoms with Crippen LogP contribution in [0.4, 0.5) is 0 Å². The molecule has 0 saturated carbocycles. The number of methoxy groups -OCH3 is 1. The maximum Gasteiger partial charge on any atom is 0.338 e. The number of hydrogen-bond acceptors (Lipinski definition) is 5. The molecule has 2 aromatic heterocycles. The summed E-state index contributed by atoms with van der Waals surface area (Å²) in [6.07, 6.45) is 4.03. The molecular weight excluding hydrogens is 256 g/mol.